The Balaban J connectivity index is 2.02. The first-order valence-corrected chi connectivity index (χ1v) is 5.38. The fraction of sp³-hybridized carbons (Fsp3) is 0.500. The standard InChI is InChI=1S/C12H17FN2/c1-9-6-10(2-3-12(9)13)7-15-5-4-11(14)8-15/h2-3,6,11H,4-5,7-8,14H2,1H3. The Kier molecular flexibility index (Phi) is 3.03. The van der Waals surface area contributed by atoms with Crippen LogP contribution in [0.5, 0.6) is 0 Å². The van der Waals surface area contributed by atoms with E-state index in [1.807, 2.05) is 12.1 Å². The number of nitrogens with two attached hydrogens (primary N) is 1. The maximum Gasteiger partial charge on any atom is 0.126 e. The average Bonchev–Trinajstić information content (AvgIpc) is 2.58. The first-order chi connectivity index (χ1) is 7.15. The second-order valence-corrected chi connectivity index (χ2v) is 4.37. The Morgan fingerprint density at radius 1 is 1.53 bits per heavy atom. The summed E-state index contributed by atoms with van der Waals surface area (Å²) < 4.78 is 13.0. The summed E-state index contributed by atoms with van der Waals surface area (Å²) in [5.74, 6) is -0.128. The van der Waals surface area contributed by atoms with Gasteiger partial charge in [0.05, 0.1) is 0 Å². The number of likely N-dealkylation sites (tertiary alicyclic amines) is 1. The fourth-order valence-electron chi connectivity index (χ4n) is 2.07. The van der Waals surface area contributed by atoms with E-state index in [1.165, 1.54) is 5.56 Å². The zero-order valence-corrected chi connectivity index (χ0v) is 9.04. The molecule has 1 aliphatic heterocycles. The minimum Gasteiger partial charge on any atom is -0.326 e. The summed E-state index contributed by atoms with van der Waals surface area (Å²) in [4.78, 5) is 2.32. The van der Waals surface area contributed by atoms with Gasteiger partial charge < -0.3 is 5.73 Å². The number of hydrogen-bond donors (Lipinski definition) is 1. The maximum absolute atomic E-state index is 13.0. The molecule has 1 heterocycles. The van der Waals surface area contributed by atoms with Crippen molar-refractivity contribution >= 4 is 0 Å². The monoisotopic (exact) mass is 208 g/mol. The quantitative estimate of drug-likeness (QED) is 0.801. The second kappa shape index (κ2) is 4.29. The van der Waals surface area contributed by atoms with Crippen molar-refractivity contribution in [2.75, 3.05) is 13.1 Å². The van der Waals surface area contributed by atoms with Gasteiger partial charge >= 0.3 is 0 Å². The third-order valence-electron chi connectivity index (χ3n) is 2.94. The number of aryl methyl sites for hydroxylation is 1. The molecule has 82 valence electrons. The highest BCUT2D eigenvalue weighted by atomic mass is 19.1. The normalized spacial score (nSPS) is 22.2. The van der Waals surface area contributed by atoms with Crippen LogP contribution in [0.4, 0.5) is 4.39 Å². The molecule has 15 heavy (non-hydrogen) atoms. The van der Waals surface area contributed by atoms with Crippen molar-refractivity contribution in [3.8, 4) is 0 Å². The van der Waals surface area contributed by atoms with Gasteiger partial charge in [0.25, 0.3) is 0 Å². The van der Waals surface area contributed by atoms with E-state index in [4.69, 9.17) is 5.73 Å². The van der Waals surface area contributed by atoms with E-state index in [0.717, 1.165) is 31.6 Å². The van der Waals surface area contributed by atoms with E-state index < -0.39 is 0 Å². The Bertz CT molecular complexity index is 351. The first-order valence-electron chi connectivity index (χ1n) is 5.38. The molecule has 0 saturated carbocycles. The molecule has 1 unspecified atom stereocenters. The van der Waals surface area contributed by atoms with Crippen LogP contribution in [0.25, 0.3) is 0 Å². The summed E-state index contributed by atoms with van der Waals surface area (Å²) >= 11 is 0. The largest absolute Gasteiger partial charge is 0.326 e. The Hall–Kier alpha value is -0.930. The van der Waals surface area contributed by atoms with Crippen LogP contribution in [-0.4, -0.2) is 24.0 Å². The lowest BCUT2D eigenvalue weighted by molar-refractivity contribution is 0.326. The van der Waals surface area contributed by atoms with E-state index >= 15 is 0 Å². The van der Waals surface area contributed by atoms with Gasteiger partial charge in [-0.15, -0.1) is 0 Å². The molecule has 1 aliphatic rings. The lowest BCUT2D eigenvalue weighted by Gasteiger charge is -2.15. The molecule has 1 aromatic rings. The molecule has 2 nitrogen and oxygen atoms in total. The molecular formula is C12H17FN2. The third-order valence-corrected chi connectivity index (χ3v) is 2.94. The molecule has 0 radical (unpaired) electrons. The molecule has 0 aliphatic carbocycles. The van der Waals surface area contributed by atoms with Crippen LogP contribution in [0.2, 0.25) is 0 Å². The Morgan fingerprint density at radius 2 is 2.33 bits per heavy atom. The highest BCUT2D eigenvalue weighted by Gasteiger charge is 2.18. The molecule has 1 atom stereocenters. The van der Waals surface area contributed by atoms with Crippen molar-refractivity contribution in [1.82, 2.24) is 4.90 Å². The van der Waals surface area contributed by atoms with Gasteiger partial charge in [-0.25, -0.2) is 4.39 Å². The van der Waals surface area contributed by atoms with Gasteiger partial charge in [-0.2, -0.15) is 0 Å². The fourth-order valence-corrected chi connectivity index (χ4v) is 2.07. The van der Waals surface area contributed by atoms with Gasteiger partial charge in [0.1, 0.15) is 5.82 Å². The van der Waals surface area contributed by atoms with Crippen molar-refractivity contribution in [1.29, 1.82) is 0 Å². The number of benzene rings is 1. The zero-order chi connectivity index (χ0) is 10.8. The highest BCUT2D eigenvalue weighted by Crippen LogP contribution is 2.14. The number of nitrogens with zero attached hydrogens (tertiary/aromatic N) is 1. The first kappa shape index (κ1) is 10.6. The predicted molar refractivity (Wildman–Crippen MR) is 59.0 cm³/mol. The molecule has 0 aromatic heterocycles. The molecule has 3 heteroatoms. The summed E-state index contributed by atoms with van der Waals surface area (Å²) in [6.45, 7) is 4.69. The average molecular weight is 208 g/mol. The smallest absolute Gasteiger partial charge is 0.126 e. The molecule has 0 spiro atoms. The van der Waals surface area contributed by atoms with Crippen LogP contribution < -0.4 is 5.73 Å². The minimum atomic E-state index is -0.128. The molecule has 0 amide bonds. The number of hydrogen-bond acceptors (Lipinski definition) is 2. The molecule has 1 fully saturated rings. The SMILES string of the molecule is Cc1cc(CN2CCC(N)C2)ccc1F. The molecule has 1 aromatic carbocycles. The Morgan fingerprint density at radius 3 is 2.93 bits per heavy atom. The molecular weight excluding hydrogens is 191 g/mol. The van der Waals surface area contributed by atoms with Crippen molar-refractivity contribution < 1.29 is 4.39 Å². The molecule has 2 rings (SSSR count). The van der Waals surface area contributed by atoms with Crippen LogP contribution in [0.1, 0.15) is 17.5 Å². The third kappa shape index (κ3) is 2.55. The van der Waals surface area contributed by atoms with Gasteiger partial charge in [-0.05, 0) is 30.5 Å². The van der Waals surface area contributed by atoms with E-state index in [1.54, 1.807) is 13.0 Å². The second-order valence-electron chi connectivity index (χ2n) is 4.37. The van der Waals surface area contributed by atoms with Crippen molar-refractivity contribution in [3.05, 3.63) is 35.1 Å². The van der Waals surface area contributed by atoms with Gasteiger partial charge in [0, 0.05) is 25.7 Å². The summed E-state index contributed by atoms with van der Waals surface area (Å²) in [6, 6.07) is 5.62. The minimum absolute atomic E-state index is 0.128. The van der Waals surface area contributed by atoms with E-state index in [-0.39, 0.29) is 5.82 Å². The summed E-state index contributed by atoms with van der Waals surface area (Å²) in [5.41, 5.74) is 7.72. The topological polar surface area (TPSA) is 29.3 Å². The van der Waals surface area contributed by atoms with Gasteiger partial charge in [0.2, 0.25) is 0 Å². The zero-order valence-electron chi connectivity index (χ0n) is 9.04. The summed E-state index contributed by atoms with van der Waals surface area (Å²) in [5, 5.41) is 0. The molecule has 1 saturated heterocycles. The number of rotatable bonds is 2. The van der Waals surface area contributed by atoms with E-state index in [9.17, 15) is 4.39 Å². The maximum atomic E-state index is 13.0. The van der Waals surface area contributed by atoms with Crippen LogP contribution in [0, 0.1) is 12.7 Å². The summed E-state index contributed by atoms with van der Waals surface area (Å²) in [7, 11) is 0. The Labute approximate surface area is 89.9 Å². The molecule has 0 bridgehead atoms. The lowest BCUT2D eigenvalue weighted by Crippen LogP contribution is -2.26. The van der Waals surface area contributed by atoms with Crippen LogP contribution in [0.3, 0.4) is 0 Å². The van der Waals surface area contributed by atoms with Crippen molar-refractivity contribution in [3.63, 3.8) is 0 Å². The number of halogens is 1. The van der Waals surface area contributed by atoms with Crippen molar-refractivity contribution in [2.24, 2.45) is 5.73 Å². The van der Waals surface area contributed by atoms with Gasteiger partial charge in [-0.3, -0.25) is 4.90 Å². The van der Waals surface area contributed by atoms with Crippen LogP contribution >= 0.6 is 0 Å². The lowest BCUT2D eigenvalue weighted by atomic mass is 10.1. The predicted octanol–water partition coefficient (Wildman–Crippen LogP) is 1.67. The van der Waals surface area contributed by atoms with Gasteiger partial charge in [-0.1, -0.05) is 12.1 Å². The van der Waals surface area contributed by atoms with Gasteiger partial charge in [0.15, 0.2) is 0 Å². The van der Waals surface area contributed by atoms with E-state index in [0.29, 0.717) is 6.04 Å². The van der Waals surface area contributed by atoms with Crippen LogP contribution in [-0.2, 0) is 6.54 Å². The van der Waals surface area contributed by atoms with Crippen LogP contribution in [0.15, 0.2) is 18.2 Å². The highest BCUT2D eigenvalue weighted by molar-refractivity contribution is 5.23. The van der Waals surface area contributed by atoms with E-state index in [2.05, 4.69) is 4.90 Å². The van der Waals surface area contributed by atoms with Crippen molar-refractivity contribution in [2.45, 2.75) is 25.9 Å². The summed E-state index contributed by atoms with van der Waals surface area (Å²) in [6.07, 6.45) is 1.07. The molecule has 2 N–H and O–H groups in total.